The molecule has 0 saturated carbocycles. The van der Waals surface area contributed by atoms with Crippen molar-refractivity contribution >= 4 is 6.03 Å². The third-order valence-electron chi connectivity index (χ3n) is 3.20. The van der Waals surface area contributed by atoms with Gasteiger partial charge < -0.3 is 15.5 Å². The summed E-state index contributed by atoms with van der Waals surface area (Å²) in [5.41, 5.74) is 0.869. The predicted molar refractivity (Wildman–Crippen MR) is 70.1 cm³/mol. The molecule has 0 radical (unpaired) electrons. The molecule has 2 N–H and O–H groups in total. The lowest BCUT2D eigenvalue weighted by atomic mass is 10.1. The molecule has 1 unspecified atom stereocenters. The molecule has 0 aromatic carbocycles. The molecular formula is C13H20N4O. The molecule has 2 rings (SSSR count). The molecular weight excluding hydrogens is 228 g/mol. The number of amides is 2. The lowest BCUT2D eigenvalue weighted by Crippen LogP contribution is -2.38. The van der Waals surface area contributed by atoms with E-state index in [-0.39, 0.29) is 6.03 Å². The quantitative estimate of drug-likeness (QED) is 0.830. The smallest absolute Gasteiger partial charge is 0.315 e. The summed E-state index contributed by atoms with van der Waals surface area (Å²) in [4.78, 5) is 18.0. The molecule has 5 heteroatoms. The summed E-state index contributed by atoms with van der Waals surface area (Å²) < 4.78 is 0. The molecule has 1 aromatic heterocycles. The SMILES string of the molecule is CN1CCC(CNC(=O)NCc2ccccn2)C1. The molecule has 0 spiro atoms. The minimum atomic E-state index is -0.116. The molecule has 1 atom stereocenters. The van der Waals surface area contributed by atoms with Crippen LogP contribution in [0.2, 0.25) is 0 Å². The van der Waals surface area contributed by atoms with Gasteiger partial charge in [-0.05, 0) is 38.1 Å². The third-order valence-corrected chi connectivity index (χ3v) is 3.20. The predicted octanol–water partition coefficient (Wildman–Crippen LogP) is 0.832. The number of aromatic nitrogens is 1. The van der Waals surface area contributed by atoms with Crippen LogP contribution in [-0.2, 0) is 6.54 Å². The summed E-state index contributed by atoms with van der Waals surface area (Å²) in [7, 11) is 2.11. The summed E-state index contributed by atoms with van der Waals surface area (Å²) in [6.07, 6.45) is 2.89. The van der Waals surface area contributed by atoms with Crippen molar-refractivity contribution in [1.82, 2.24) is 20.5 Å². The van der Waals surface area contributed by atoms with Gasteiger partial charge in [-0.1, -0.05) is 6.07 Å². The van der Waals surface area contributed by atoms with E-state index in [0.717, 1.165) is 31.7 Å². The maximum Gasteiger partial charge on any atom is 0.315 e. The molecule has 1 saturated heterocycles. The lowest BCUT2D eigenvalue weighted by molar-refractivity contribution is 0.238. The number of hydrogen-bond donors (Lipinski definition) is 2. The van der Waals surface area contributed by atoms with E-state index in [2.05, 4.69) is 27.6 Å². The highest BCUT2D eigenvalue weighted by Crippen LogP contribution is 2.12. The molecule has 2 heterocycles. The van der Waals surface area contributed by atoms with E-state index in [0.29, 0.717) is 12.5 Å². The van der Waals surface area contributed by atoms with E-state index in [4.69, 9.17) is 0 Å². The number of likely N-dealkylation sites (tertiary alicyclic amines) is 1. The molecule has 0 bridgehead atoms. The Morgan fingerprint density at radius 3 is 3.06 bits per heavy atom. The highest BCUT2D eigenvalue weighted by atomic mass is 16.2. The van der Waals surface area contributed by atoms with Gasteiger partial charge in [0.25, 0.3) is 0 Å². The first-order valence-corrected chi connectivity index (χ1v) is 6.34. The third kappa shape index (κ3) is 4.00. The molecule has 1 aromatic rings. The number of urea groups is 1. The Labute approximate surface area is 108 Å². The van der Waals surface area contributed by atoms with Crippen LogP contribution in [-0.4, -0.2) is 42.6 Å². The average molecular weight is 248 g/mol. The molecule has 5 nitrogen and oxygen atoms in total. The van der Waals surface area contributed by atoms with Crippen molar-refractivity contribution in [1.29, 1.82) is 0 Å². The van der Waals surface area contributed by atoms with Crippen LogP contribution < -0.4 is 10.6 Å². The van der Waals surface area contributed by atoms with Crippen molar-refractivity contribution in [2.24, 2.45) is 5.92 Å². The fraction of sp³-hybridized carbons (Fsp3) is 0.538. The first-order chi connectivity index (χ1) is 8.74. The second-order valence-electron chi connectivity index (χ2n) is 4.80. The number of nitrogens with one attached hydrogen (secondary N) is 2. The van der Waals surface area contributed by atoms with E-state index in [1.807, 2.05) is 18.2 Å². The summed E-state index contributed by atoms with van der Waals surface area (Å²) >= 11 is 0. The number of nitrogens with zero attached hydrogens (tertiary/aromatic N) is 2. The minimum absolute atomic E-state index is 0.116. The monoisotopic (exact) mass is 248 g/mol. The topological polar surface area (TPSA) is 57.3 Å². The highest BCUT2D eigenvalue weighted by molar-refractivity contribution is 5.73. The molecule has 1 aliphatic heterocycles. The van der Waals surface area contributed by atoms with Gasteiger partial charge in [-0.3, -0.25) is 4.98 Å². The maximum absolute atomic E-state index is 11.6. The van der Waals surface area contributed by atoms with Gasteiger partial charge in [-0.2, -0.15) is 0 Å². The fourth-order valence-electron chi connectivity index (χ4n) is 2.17. The van der Waals surface area contributed by atoms with Gasteiger partial charge in [0.15, 0.2) is 0 Å². The summed E-state index contributed by atoms with van der Waals surface area (Å²) in [5.74, 6) is 0.579. The van der Waals surface area contributed by atoms with Gasteiger partial charge in [0.05, 0.1) is 12.2 Å². The van der Waals surface area contributed by atoms with Gasteiger partial charge in [-0.15, -0.1) is 0 Å². The Kier molecular flexibility index (Phi) is 4.52. The Morgan fingerprint density at radius 2 is 2.39 bits per heavy atom. The van der Waals surface area contributed by atoms with Crippen molar-refractivity contribution in [3.8, 4) is 0 Å². The molecule has 1 aliphatic rings. The van der Waals surface area contributed by atoms with E-state index in [9.17, 15) is 4.79 Å². The van der Waals surface area contributed by atoms with Crippen LogP contribution in [0.3, 0.4) is 0 Å². The van der Waals surface area contributed by atoms with Crippen LogP contribution in [0.15, 0.2) is 24.4 Å². The maximum atomic E-state index is 11.6. The van der Waals surface area contributed by atoms with Crippen molar-refractivity contribution in [2.45, 2.75) is 13.0 Å². The first-order valence-electron chi connectivity index (χ1n) is 6.34. The summed E-state index contributed by atoms with van der Waals surface area (Å²) in [6.45, 7) is 3.41. The standard InChI is InChI=1S/C13H20N4O/c1-17-7-5-11(10-17)8-15-13(18)16-9-12-4-2-3-6-14-12/h2-4,6,11H,5,7-10H2,1H3,(H2,15,16,18). The van der Waals surface area contributed by atoms with Crippen molar-refractivity contribution in [3.05, 3.63) is 30.1 Å². The van der Waals surface area contributed by atoms with Crippen LogP contribution in [0.25, 0.3) is 0 Å². The van der Waals surface area contributed by atoms with Crippen LogP contribution in [0.5, 0.6) is 0 Å². The lowest BCUT2D eigenvalue weighted by Gasteiger charge is -2.12. The van der Waals surface area contributed by atoms with Crippen molar-refractivity contribution in [2.75, 3.05) is 26.7 Å². The van der Waals surface area contributed by atoms with Gasteiger partial charge in [0.1, 0.15) is 0 Å². The number of carbonyl (C=O) groups excluding carboxylic acids is 1. The zero-order valence-corrected chi connectivity index (χ0v) is 10.7. The first kappa shape index (κ1) is 12.8. The largest absolute Gasteiger partial charge is 0.338 e. The van der Waals surface area contributed by atoms with E-state index in [1.54, 1.807) is 6.20 Å². The second-order valence-corrected chi connectivity index (χ2v) is 4.80. The second kappa shape index (κ2) is 6.35. The number of hydrogen-bond acceptors (Lipinski definition) is 3. The van der Waals surface area contributed by atoms with E-state index >= 15 is 0 Å². The number of carbonyl (C=O) groups is 1. The van der Waals surface area contributed by atoms with Gasteiger partial charge in [0, 0.05) is 19.3 Å². The Balaban J connectivity index is 1.63. The van der Waals surface area contributed by atoms with Crippen LogP contribution >= 0.6 is 0 Å². The highest BCUT2D eigenvalue weighted by Gasteiger charge is 2.19. The summed E-state index contributed by atoms with van der Waals surface area (Å²) in [5, 5.41) is 5.72. The molecule has 0 aliphatic carbocycles. The Bertz CT molecular complexity index is 382. The molecule has 98 valence electrons. The normalized spacial score (nSPS) is 19.7. The van der Waals surface area contributed by atoms with Crippen molar-refractivity contribution < 1.29 is 4.79 Å². The number of pyridine rings is 1. The van der Waals surface area contributed by atoms with Gasteiger partial charge >= 0.3 is 6.03 Å². The molecule has 1 fully saturated rings. The van der Waals surface area contributed by atoms with E-state index < -0.39 is 0 Å². The summed E-state index contributed by atoms with van der Waals surface area (Å²) in [6, 6.07) is 5.55. The van der Waals surface area contributed by atoms with Crippen LogP contribution in [0.4, 0.5) is 4.79 Å². The minimum Gasteiger partial charge on any atom is -0.338 e. The Morgan fingerprint density at radius 1 is 1.50 bits per heavy atom. The Hall–Kier alpha value is -1.62. The zero-order chi connectivity index (χ0) is 12.8. The molecule has 18 heavy (non-hydrogen) atoms. The van der Waals surface area contributed by atoms with Gasteiger partial charge in [-0.25, -0.2) is 4.79 Å². The fourth-order valence-corrected chi connectivity index (χ4v) is 2.17. The van der Waals surface area contributed by atoms with E-state index in [1.165, 1.54) is 0 Å². The number of rotatable bonds is 4. The average Bonchev–Trinajstić information content (AvgIpc) is 2.81. The van der Waals surface area contributed by atoms with Crippen LogP contribution in [0, 0.1) is 5.92 Å². The van der Waals surface area contributed by atoms with Crippen molar-refractivity contribution in [3.63, 3.8) is 0 Å². The molecule has 2 amide bonds. The van der Waals surface area contributed by atoms with Gasteiger partial charge in [0.2, 0.25) is 0 Å². The zero-order valence-electron chi connectivity index (χ0n) is 10.7. The van der Waals surface area contributed by atoms with Crippen LogP contribution in [0.1, 0.15) is 12.1 Å².